The van der Waals surface area contributed by atoms with Crippen molar-refractivity contribution >= 4 is 34.3 Å². The topological polar surface area (TPSA) is 74.0 Å². The number of nitrogens with one attached hydrogen (secondary N) is 3. The maximum atomic E-state index is 13.6. The number of alkyl halides is 1. The van der Waals surface area contributed by atoms with Crippen molar-refractivity contribution in [1.29, 1.82) is 0 Å². The molecule has 0 fully saturated rings. The zero-order chi connectivity index (χ0) is 23.0. The maximum Gasteiger partial charge on any atom is 0.242 e. The summed E-state index contributed by atoms with van der Waals surface area (Å²) < 4.78 is 0. The molecule has 1 heterocycles. The molecule has 1 aromatic heterocycles. The Hall–Kier alpha value is -3.57. The molecular formula is C27H26ClN3O2. The second-order valence-electron chi connectivity index (χ2n) is 7.86. The number of halogens is 1. The fourth-order valence-electron chi connectivity index (χ4n) is 4.06. The summed E-state index contributed by atoms with van der Waals surface area (Å²) in [7, 11) is 0. The lowest BCUT2D eigenvalue weighted by Gasteiger charge is -2.23. The number of H-pyrrole nitrogens is 1. The lowest BCUT2D eigenvalue weighted by Crippen LogP contribution is -2.49. The third kappa shape index (κ3) is 5.44. The first-order valence-corrected chi connectivity index (χ1v) is 11.5. The van der Waals surface area contributed by atoms with Crippen LogP contribution in [0.2, 0.25) is 0 Å². The summed E-state index contributed by atoms with van der Waals surface area (Å²) in [6, 6.07) is 26.4. The van der Waals surface area contributed by atoms with Gasteiger partial charge in [0.25, 0.3) is 0 Å². The zero-order valence-electron chi connectivity index (χ0n) is 18.1. The van der Waals surface area contributed by atoms with E-state index in [4.69, 9.17) is 11.6 Å². The van der Waals surface area contributed by atoms with Crippen molar-refractivity contribution in [1.82, 2.24) is 15.6 Å². The van der Waals surface area contributed by atoms with Gasteiger partial charge in [-0.15, -0.1) is 11.6 Å². The van der Waals surface area contributed by atoms with Crippen LogP contribution < -0.4 is 10.6 Å². The second-order valence-corrected chi connectivity index (χ2v) is 8.24. The van der Waals surface area contributed by atoms with E-state index in [0.717, 1.165) is 27.6 Å². The van der Waals surface area contributed by atoms with Crippen molar-refractivity contribution in [2.75, 3.05) is 12.4 Å². The summed E-state index contributed by atoms with van der Waals surface area (Å²) in [6.07, 6.45) is 2.25. The number of aromatic nitrogens is 1. The number of carbonyl (C=O) groups is 2. The van der Waals surface area contributed by atoms with Crippen LogP contribution in [-0.2, 0) is 16.0 Å². The summed E-state index contributed by atoms with van der Waals surface area (Å²) in [4.78, 5) is 29.8. The van der Waals surface area contributed by atoms with Gasteiger partial charge in [-0.2, -0.15) is 0 Å². The molecule has 168 valence electrons. The van der Waals surface area contributed by atoms with Gasteiger partial charge in [0.1, 0.15) is 6.04 Å². The quantitative estimate of drug-likeness (QED) is 0.325. The number of amides is 2. The molecule has 33 heavy (non-hydrogen) atoms. The third-order valence-electron chi connectivity index (χ3n) is 5.65. The molecule has 4 aromatic rings. The highest BCUT2D eigenvalue weighted by Crippen LogP contribution is 2.25. The molecule has 5 nitrogen and oxygen atoms in total. The van der Waals surface area contributed by atoms with E-state index in [9.17, 15) is 9.59 Å². The smallest absolute Gasteiger partial charge is 0.242 e. The largest absolute Gasteiger partial charge is 0.361 e. The second kappa shape index (κ2) is 10.8. The molecule has 0 unspecified atom stereocenters. The minimum atomic E-state index is -0.741. The van der Waals surface area contributed by atoms with E-state index in [1.807, 2.05) is 91.1 Å². The Balaban J connectivity index is 1.63. The molecule has 0 spiro atoms. The van der Waals surface area contributed by atoms with Gasteiger partial charge in [-0.05, 0) is 22.8 Å². The van der Waals surface area contributed by atoms with E-state index in [-0.39, 0.29) is 11.8 Å². The molecule has 0 aliphatic heterocycles. The van der Waals surface area contributed by atoms with E-state index < -0.39 is 12.0 Å². The van der Waals surface area contributed by atoms with Gasteiger partial charge >= 0.3 is 0 Å². The Morgan fingerprint density at radius 3 is 2.06 bits per heavy atom. The summed E-state index contributed by atoms with van der Waals surface area (Å²) in [5.41, 5.74) is 3.69. The summed E-state index contributed by atoms with van der Waals surface area (Å²) in [5, 5.41) is 6.87. The Morgan fingerprint density at radius 1 is 0.818 bits per heavy atom. The Kier molecular flexibility index (Phi) is 7.43. The molecule has 0 aliphatic rings. The number of aromatic amines is 1. The number of para-hydroxylation sites is 1. The van der Waals surface area contributed by atoms with Crippen LogP contribution in [-0.4, -0.2) is 35.3 Å². The van der Waals surface area contributed by atoms with Crippen LogP contribution in [0.5, 0.6) is 0 Å². The van der Waals surface area contributed by atoms with Gasteiger partial charge in [0, 0.05) is 35.9 Å². The molecule has 0 aliphatic carbocycles. The minimum Gasteiger partial charge on any atom is -0.361 e. The molecule has 6 heteroatoms. The van der Waals surface area contributed by atoms with Crippen LogP contribution in [0.1, 0.15) is 22.6 Å². The molecule has 1 atom stereocenters. The van der Waals surface area contributed by atoms with Crippen LogP contribution in [0.3, 0.4) is 0 Å². The fraction of sp³-hybridized carbons (Fsp3) is 0.185. The number of hydrogen-bond donors (Lipinski definition) is 3. The molecular weight excluding hydrogens is 434 g/mol. The Labute approximate surface area is 198 Å². The maximum absolute atomic E-state index is 13.6. The van der Waals surface area contributed by atoms with Gasteiger partial charge in [0.05, 0.1) is 5.92 Å². The van der Waals surface area contributed by atoms with E-state index in [1.54, 1.807) is 0 Å². The first kappa shape index (κ1) is 22.6. The van der Waals surface area contributed by atoms with Crippen molar-refractivity contribution < 1.29 is 9.59 Å². The van der Waals surface area contributed by atoms with Crippen LogP contribution >= 0.6 is 11.6 Å². The molecule has 4 rings (SSSR count). The fourth-order valence-corrected chi connectivity index (χ4v) is 4.16. The summed E-state index contributed by atoms with van der Waals surface area (Å²) >= 11 is 5.78. The van der Waals surface area contributed by atoms with Gasteiger partial charge in [0.15, 0.2) is 0 Å². The van der Waals surface area contributed by atoms with Crippen LogP contribution in [0.4, 0.5) is 0 Å². The van der Waals surface area contributed by atoms with Crippen molar-refractivity contribution in [3.05, 3.63) is 108 Å². The SMILES string of the molecule is O=C(N[C@H](Cc1c[nH]c2ccccc12)C(=O)NCCCl)C(c1ccccc1)c1ccccc1. The zero-order valence-corrected chi connectivity index (χ0v) is 18.9. The minimum absolute atomic E-state index is 0.224. The average molecular weight is 460 g/mol. The summed E-state index contributed by atoms with van der Waals surface area (Å²) in [5.74, 6) is -0.706. The van der Waals surface area contributed by atoms with Crippen LogP contribution in [0.25, 0.3) is 10.9 Å². The Morgan fingerprint density at radius 2 is 1.42 bits per heavy atom. The number of hydrogen-bond acceptors (Lipinski definition) is 2. The van der Waals surface area contributed by atoms with E-state index >= 15 is 0 Å². The number of fused-ring (bicyclic) bond motifs is 1. The standard InChI is InChI=1S/C27H26ClN3O2/c28-15-16-29-26(32)24(17-21-18-30-23-14-8-7-13-22(21)23)31-27(33)25(19-9-3-1-4-10-19)20-11-5-2-6-12-20/h1-14,18,24-25,30H,15-17H2,(H,29,32)(H,31,33)/t24-/m1/s1. The van der Waals surface area contributed by atoms with Crippen molar-refractivity contribution in [3.63, 3.8) is 0 Å². The van der Waals surface area contributed by atoms with E-state index in [1.165, 1.54) is 0 Å². The normalized spacial score (nSPS) is 11.9. The van der Waals surface area contributed by atoms with Gasteiger partial charge in [0.2, 0.25) is 11.8 Å². The number of carbonyl (C=O) groups excluding carboxylic acids is 2. The van der Waals surface area contributed by atoms with Gasteiger partial charge in [-0.1, -0.05) is 78.9 Å². The van der Waals surface area contributed by atoms with Crippen molar-refractivity contribution in [2.24, 2.45) is 0 Å². The van der Waals surface area contributed by atoms with Crippen LogP contribution in [0.15, 0.2) is 91.1 Å². The molecule has 0 radical (unpaired) electrons. The highest BCUT2D eigenvalue weighted by atomic mass is 35.5. The van der Waals surface area contributed by atoms with Crippen molar-refractivity contribution in [3.8, 4) is 0 Å². The Bertz CT molecular complexity index is 1170. The predicted molar refractivity (Wildman–Crippen MR) is 132 cm³/mol. The first-order valence-electron chi connectivity index (χ1n) is 11.0. The van der Waals surface area contributed by atoms with Gasteiger partial charge in [-0.25, -0.2) is 0 Å². The molecule has 3 aromatic carbocycles. The van der Waals surface area contributed by atoms with Gasteiger partial charge in [-0.3, -0.25) is 9.59 Å². The predicted octanol–water partition coefficient (Wildman–Crippen LogP) is 4.38. The molecule has 0 saturated carbocycles. The first-order chi connectivity index (χ1) is 16.2. The molecule has 0 bridgehead atoms. The lowest BCUT2D eigenvalue weighted by molar-refractivity contribution is -0.129. The van der Waals surface area contributed by atoms with E-state index in [2.05, 4.69) is 15.6 Å². The monoisotopic (exact) mass is 459 g/mol. The van der Waals surface area contributed by atoms with Gasteiger partial charge < -0.3 is 15.6 Å². The lowest BCUT2D eigenvalue weighted by atomic mass is 9.90. The van der Waals surface area contributed by atoms with E-state index in [0.29, 0.717) is 18.8 Å². The highest BCUT2D eigenvalue weighted by molar-refractivity contribution is 6.18. The van der Waals surface area contributed by atoms with Crippen molar-refractivity contribution in [2.45, 2.75) is 18.4 Å². The summed E-state index contributed by atoms with van der Waals surface area (Å²) in [6.45, 7) is 0.335. The molecule has 2 amide bonds. The third-order valence-corrected chi connectivity index (χ3v) is 5.84. The number of benzene rings is 3. The molecule has 3 N–H and O–H groups in total. The molecule has 0 saturated heterocycles. The average Bonchev–Trinajstić information content (AvgIpc) is 3.26. The van der Waals surface area contributed by atoms with Crippen LogP contribution in [0, 0.1) is 0 Å². The number of rotatable bonds is 9. The highest BCUT2D eigenvalue weighted by Gasteiger charge is 2.28.